The SMILES string of the molecule is CCCc1cn(-c2ccncc2)n[n+]1C.[I-]. The van der Waals surface area contributed by atoms with Crippen molar-refractivity contribution < 1.29 is 28.7 Å². The predicted molar refractivity (Wildman–Crippen MR) is 56.5 cm³/mol. The predicted octanol–water partition coefficient (Wildman–Crippen LogP) is -1.95. The summed E-state index contributed by atoms with van der Waals surface area (Å²) in [5.41, 5.74) is 2.29. The molecule has 0 unspecified atom stereocenters. The average molecular weight is 330 g/mol. The zero-order chi connectivity index (χ0) is 10.7. The number of hydrogen-bond donors (Lipinski definition) is 0. The second kappa shape index (κ2) is 5.93. The van der Waals surface area contributed by atoms with E-state index in [9.17, 15) is 0 Å². The lowest BCUT2D eigenvalue weighted by Crippen LogP contribution is -3.00. The number of aryl methyl sites for hydroxylation is 2. The Hall–Kier alpha value is -0.980. The van der Waals surface area contributed by atoms with Crippen LogP contribution in [0.3, 0.4) is 0 Å². The quantitative estimate of drug-likeness (QED) is 0.484. The molecule has 0 saturated carbocycles. The van der Waals surface area contributed by atoms with Crippen LogP contribution in [-0.4, -0.2) is 14.9 Å². The molecule has 0 aliphatic carbocycles. The van der Waals surface area contributed by atoms with Gasteiger partial charge in [0.05, 0.1) is 5.21 Å². The molecule has 0 spiro atoms. The number of halogens is 1. The van der Waals surface area contributed by atoms with Gasteiger partial charge in [-0.2, -0.15) is 0 Å². The molecule has 0 aliphatic heterocycles. The van der Waals surface area contributed by atoms with E-state index in [0.717, 1.165) is 18.5 Å². The third kappa shape index (κ3) is 2.78. The molecule has 0 amide bonds. The molecule has 2 rings (SSSR count). The van der Waals surface area contributed by atoms with Gasteiger partial charge in [-0.25, -0.2) is 0 Å². The average Bonchev–Trinajstić information content (AvgIpc) is 2.63. The van der Waals surface area contributed by atoms with E-state index in [2.05, 4.69) is 23.3 Å². The van der Waals surface area contributed by atoms with Crippen LogP contribution in [0.2, 0.25) is 0 Å². The third-order valence-electron chi connectivity index (χ3n) is 2.35. The Morgan fingerprint density at radius 3 is 2.62 bits per heavy atom. The minimum Gasteiger partial charge on any atom is -1.00 e. The fourth-order valence-corrected chi connectivity index (χ4v) is 1.56. The zero-order valence-electron chi connectivity index (χ0n) is 9.47. The van der Waals surface area contributed by atoms with Crippen LogP contribution in [0.25, 0.3) is 5.69 Å². The second-order valence-corrected chi connectivity index (χ2v) is 3.53. The van der Waals surface area contributed by atoms with E-state index >= 15 is 0 Å². The van der Waals surface area contributed by atoms with Crippen molar-refractivity contribution in [2.24, 2.45) is 7.05 Å². The molecule has 0 N–H and O–H groups in total. The number of pyridine rings is 1. The number of aromatic nitrogens is 4. The summed E-state index contributed by atoms with van der Waals surface area (Å²) in [6, 6.07) is 3.89. The standard InChI is InChI=1S/C11H15N4.HI/c1-3-4-11-9-15(13-14(11)2)10-5-7-12-8-6-10;/h5-9H,3-4H2,1-2H3;1H/q+1;/p-1. The van der Waals surface area contributed by atoms with Gasteiger partial charge in [-0.3, -0.25) is 4.98 Å². The summed E-state index contributed by atoms with van der Waals surface area (Å²) in [6.45, 7) is 2.17. The number of nitrogens with zero attached hydrogens (tertiary/aromatic N) is 4. The van der Waals surface area contributed by atoms with Crippen LogP contribution in [0.15, 0.2) is 30.7 Å². The smallest absolute Gasteiger partial charge is 0.167 e. The first-order valence-electron chi connectivity index (χ1n) is 5.16. The summed E-state index contributed by atoms with van der Waals surface area (Å²) >= 11 is 0. The summed E-state index contributed by atoms with van der Waals surface area (Å²) in [5, 5.41) is 4.41. The van der Waals surface area contributed by atoms with Gasteiger partial charge >= 0.3 is 0 Å². The summed E-state index contributed by atoms with van der Waals surface area (Å²) in [7, 11) is 1.97. The highest BCUT2D eigenvalue weighted by Gasteiger charge is 2.12. The van der Waals surface area contributed by atoms with Crippen molar-refractivity contribution in [1.29, 1.82) is 0 Å². The molecule has 5 heteroatoms. The molecule has 0 aromatic carbocycles. The molecular weight excluding hydrogens is 315 g/mol. The Balaban J connectivity index is 0.00000128. The van der Waals surface area contributed by atoms with Gasteiger partial charge in [-0.05, 0) is 6.42 Å². The molecule has 86 valence electrons. The van der Waals surface area contributed by atoms with Crippen molar-refractivity contribution in [1.82, 2.24) is 14.9 Å². The van der Waals surface area contributed by atoms with E-state index in [4.69, 9.17) is 0 Å². The van der Waals surface area contributed by atoms with Crippen LogP contribution in [0.5, 0.6) is 0 Å². The van der Waals surface area contributed by atoms with E-state index < -0.39 is 0 Å². The van der Waals surface area contributed by atoms with Gasteiger partial charge in [0.1, 0.15) is 7.05 Å². The molecule has 0 aliphatic rings. The Morgan fingerprint density at radius 1 is 1.31 bits per heavy atom. The van der Waals surface area contributed by atoms with Crippen molar-refractivity contribution in [3.63, 3.8) is 0 Å². The molecule has 0 saturated heterocycles. The summed E-state index contributed by atoms with van der Waals surface area (Å²) in [6.07, 6.45) is 7.81. The summed E-state index contributed by atoms with van der Waals surface area (Å²) < 4.78 is 3.80. The van der Waals surface area contributed by atoms with E-state index in [1.54, 1.807) is 12.4 Å². The van der Waals surface area contributed by atoms with E-state index in [1.165, 1.54) is 5.69 Å². The lowest BCUT2D eigenvalue weighted by Gasteiger charge is -1.89. The molecule has 0 bridgehead atoms. The molecule has 2 aromatic rings. The lowest BCUT2D eigenvalue weighted by molar-refractivity contribution is -0.738. The Kier molecular flexibility index (Phi) is 4.85. The van der Waals surface area contributed by atoms with E-state index in [1.807, 2.05) is 28.5 Å². The molecule has 0 atom stereocenters. The summed E-state index contributed by atoms with van der Waals surface area (Å²) in [5.74, 6) is 0. The Bertz CT molecular complexity index is 439. The van der Waals surface area contributed by atoms with Crippen LogP contribution in [0.1, 0.15) is 19.0 Å². The molecule has 4 nitrogen and oxygen atoms in total. The molecule has 2 aromatic heterocycles. The molecule has 0 radical (unpaired) electrons. The fourth-order valence-electron chi connectivity index (χ4n) is 1.56. The van der Waals surface area contributed by atoms with Gasteiger partial charge < -0.3 is 24.0 Å². The first-order valence-corrected chi connectivity index (χ1v) is 5.16. The van der Waals surface area contributed by atoms with Crippen molar-refractivity contribution >= 4 is 0 Å². The van der Waals surface area contributed by atoms with Crippen molar-refractivity contribution in [3.05, 3.63) is 36.4 Å². The Morgan fingerprint density at radius 2 is 2.00 bits per heavy atom. The first kappa shape index (κ1) is 13.1. The maximum atomic E-state index is 4.41. The van der Waals surface area contributed by atoms with Gasteiger partial charge in [0.15, 0.2) is 17.6 Å². The molecule has 0 fully saturated rings. The Labute approximate surface area is 112 Å². The highest BCUT2D eigenvalue weighted by molar-refractivity contribution is 5.26. The maximum absolute atomic E-state index is 4.41. The van der Waals surface area contributed by atoms with Crippen LogP contribution < -0.4 is 28.7 Å². The first-order chi connectivity index (χ1) is 7.31. The minimum absolute atomic E-state index is 0. The van der Waals surface area contributed by atoms with Crippen molar-refractivity contribution in [2.75, 3.05) is 0 Å². The van der Waals surface area contributed by atoms with Gasteiger partial charge in [0.2, 0.25) is 0 Å². The van der Waals surface area contributed by atoms with E-state index in [-0.39, 0.29) is 24.0 Å². The zero-order valence-corrected chi connectivity index (χ0v) is 11.6. The fraction of sp³-hybridized carbons (Fsp3) is 0.364. The maximum Gasteiger partial charge on any atom is 0.167 e. The highest BCUT2D eigenvalue weighted by atomic mass is 127. The van der Waals surface area contributed by atoms with Gasteiger partial charge in [0.25, 0.3) is 0 Å². The number of rotatable bonds is 3. The van der Waals surface area contributed by atoms with Gasteiger partial charge in [-0.1, -0.05) is 6.92 Å². The van der Waals surface area contributed by atoms with Crippen LogP contribution >= 0.6 is 0 Å². The van der Waals surface area contributed by atoms with E-state index in [0.29, 0.717) is 0 Å². The highest BCUT2D eigenvalue weighted by Crippen LogP contribution is 2.04. The van der Waals surface area contributed by atoms with Crippen LogP contribution in [0.4, 0.5) is 0 Å². The van der Waals surface area contributed by atoms with Crippen LogP contribution in [0, 0.1) is 0 Å². The molecule has 16 heavy (non-hydrogen) atoms. The van der Waals surface area contributed by atoms with Gasteiger partial charge in [0, 0.05) is 30.9 Å². The van der Waals surface area contributed by atoms with Crippen molar-refractivity contribution in [3.8, 4) is 5.69 Å². The normalized spacial score (nSPS) is 9.88. The number of hydrogen-bond acceptors (Lipinski definition) is 2. The van der Waals surface area contributed by atoms with Crippen molar-refractivity contribution in [2.45, 2.75) is 19.8 Å². The topological polar surface area (TPSA) is 34.6 Å². The van der Waals surface area contributed by atoms with Crippen LogP contribution in [-0.2, 0) is 13.5 Å². The monoisotopic (exact) mass is 330 g/mol. The molecular formula is C11H15IN4. The lowest BCUT2D eigenvalue weighted by atomic mass is 10.3. The third-order valence-corrected chi connectivity index (χ3v) is 2.35. The second-order valence-electron chi connectivity index (χ2n) is 3.53. The summed E-state index contributed by atoms with van der Waals surface area (Å²) in [4.78, 5) is 3.99. The van der Waals surface area contributed by atoms with Gasteiger partial charge in [-0.15, -0.1) is 9.36 Å². The molecule has 2 heterocycles. The minimum atomic E-state index is 0. The largest absolute Gasteiger partial charge is 1.00 e.